The summed E-state index contributed by atoms with van der Waals surface area (Å²) >= 11 is 4.43. The van der Waals surface area contributed by atoms with Gasteiger partial charge >= 0.3 is 0 Å². The number of amides is 4. The molecule has 4 amide bonds. The zero-order chi connectivity index (χ0) is 18.7. The number of rotatable bonds is 5. The van der Waals surface area contributed by atoms with E-state index >= 15 is 0 Å². The van der Waals surface area contributed by atoms with Gasteiger partial charge in [0.1, 0.15) is 0 Å². The van der Waals surface area contributed by atoms with Crippen LogP contribution in [0.15, 0.2) is 12.2 Å². The first kappa shape index (κ1) is 22.7. The number of likely N-dealkylation sites (tertiary alicyclic amines) is 1. The van der Waals surface area contributed by atoms with E-state index in [4.69, 9.17) is 0 Å². The molecule has 1 atom stereocenters. The van der Waals surface area contributed by atoms with Crippen molar-refractivity contribution in [3.8, 4) is 0 Å². The summed E-state index contributed by atoms with van der Waals surface area (Å²) in [5, 5.41) is -0.121. The first-order chi connectivity index (χ1) is 11.5. The first-order valence-corrected chi connectivity index (χ1v) is 10.2. The van der Waals surface area contributed by atoms with Gasteiger partial charge in [-0.3, -0.25) is 29.0 Å². The zero-order valence-corrected chi connectivity index (χ0v) is 16.5. The maximum absolute atomic E-state index is 11.4. The average molecular weight is 376 g/mol. The normalized spacial score (nSPS) is 19.3. The van der Waals surface area contributed by atoms with E-state index in [1.165, 1.54) is 33.7 Å². The van der Waals surface area contributed by atoms with E-state index in [-0.39, 0.29) is 28.9 Å². The van der Waals surface area contributed by atoms with Gasteiger partial charge < -0.3 is 0 Å². The standard InChI is InChI=1S/C8H13NO2S.C7H9NO2.CH4S/c1-3-4-9-7(10)5-6(12-2)8(9)11;1-2-5-8-6(9)3-4-7(8)10;1-2/h6H,3-5H2,1-2H3;3-4H,2,5H2,1H3;2H,1H3/p+1. The van der Waals surface area contributed by atoms with Crippen LogP contribution in [-0.2, 0) is 31.8 Å². The monoisotopic (exact) mass is 375 g/mol. The van der Waals surface area contributed by atoms with Crippen LogP contribution in [0.25, 0.3) is 0 Å². The molecular weight excluding hydrogens is 348 g/mol. The Hall–Kier alpha value is -1.28. The van der Waals surface area contributed by atoms with Crippen molar-refractivity contribution in [1.82, 2.24) is 9.80 Å². The van der Waals surface area contributed by atoms with E-state index in [9.17, 15) is 19.2 Å². The number of nitrogens with zero attached hydrogens (tertiary/aromatic N) is 2. The molecule has 0 spiro atoms. The molecule has 0 aromatic carbocycles. The van der Waals surface area contributed by atoms with E-state index in [1.54, 1.807) is 6.26 Å². The predicted molar refractivity (Wildman–Crippen MR) is 101 cm³/mol. The second-order valence-electron chi connectivity index (χ2n) is 4.97. The van der Waals surface area contributed by atoms with Gasteiger partial charge in [0.25, 0.3) is 11.8 Å². The number of imide groups is 2. The third kappa shape index (κ3) is 6.32. The summed E-state index contributed by atoms with van der Waals surface area (Å²) in [5.41, 5.74) is 0. The van der Waals surface area contributed by atoms with Crippen LogP contribution in [0, 0.1) is 0 Å². The summed E-state index contributed by atoms with van der Waals surface area (Å²) < 4.78 is 0. The third-order valence-electron chi connectivity index (χ3n) is 3.28. The molecule has 0 radical (unpaired) electrons. The molecule has 0 aromatic rings. The van der Waals surface area contributed by atoms with Crippen molar-refractivity contribution in [2.45, 2.75) is 38.4 Å². The molecule has 0 bridgehead atoms. The van der Waals surface area contributed by atoms with Crippen LogP contribution >= 0.6 is 11.8 Å². The second kappa shape index (κ2) is 12.1. The van der Waals surface area contributed by atoms with Crippen LogP contribution in [0.1, 0.15) is 33.1 Å². The molecule has 1 unspecified atom stereocenters. The molecule has 2 aliphatic rings. The van der Waals surface area contributed by atoms with Crippen LogP contribution in [0.5, 0.6) is 0 Å². The van der Waals surface area contributed by atoms with Gasteiger partial charge in [0.05, 0.1) is 11.5 Å². The fraction of sp³-hybridized carbons (Fsp3) is 0.625. The SMILES string of the molecule is CCCN1C(=O)C=CC1=O.CCCN1C(=O)CC(SC)C1=O.C[SH2+]. The van der Waals surface area contributed by atoms with Crippen LogP contribution in [0.2, 0.25) is 0 Å². The van der Waals surface area contributed by atoms with Crippen LogP contribution in [0.4, 0.5) is 0 Å². The highest BCUT2D eigenvalue weighted by molar-refractivity contribution is 8.00. The van der Waals surface area contributed by atoms with E-state index < -0.39 is 0 Å². The van der Waals surface area contributed by atoms with E-state index in [0.717, 1.165) is 12.8 Å². The van der Waals surface area contributed by atoms with E-state index in [2.05, 4.69) is 12.6 Å². The molecule has 0 saturated carbocycles. The maximum atomic E-state index is 11.4. The van der Waals surface area contributed by atoms with Crippen molar-refractivity contribution in [1.29, 1.82) is 0 Å². The summed E-state index contributed by atoms with van der Waals surface area (Å²) in [6.07, 6.45) is 8.33. The minimum atomic E-state index is -0.188. The minimum absolute atomic E-state index is 0.00523. The number of thioether (sulfide) groups is 1. The van der Waals surface area contributed by atoms with Gasteiger partial charge in [-0.15, -0.1) is 0 Å². The average Bonchev–Trinajstić information content (AvgIpc) is 3.05. The number of hydrogen-bond acceptors (Lipinski definition) is 5. The number of carbonyl (C=O) groups is 4. The van der Waals surface area contributed by atoms with Crippen molar-refractivity contribution in [3.63, 3.8) is 0 Å². The summed E-state index contributed by atoms with van der Waals surface area (Å²) in [4.78, 5) is 46.9. The van der Waals surface area contributed by atoms with Crippen molar-refractivity contribution in [2.75, 3.05) is 25.6 Å². The Morgan fingerprint density at radius 2 is 1.46 bits per heavy atom. The van der Waals surface area contributed by atoms with Gasteiger partial charge in [-0.2, -0.15) is 11.8 Å². The molecule has 136 valence electrons. The lowest BCUT2D eigenvalue weighted by Gasteiger charge is -2.12. The predicted octanol–water partition coefficient (Wildman–Crippen LogP) is 0.836. The Morgan fingerprint density at radius 3 is 1.83 bits per heavy atom. The molecule has 1 fully saturated rings. The second-order valence-corrected chi connectivity index (χ2v) is 6.01. The van der Waals surface area contributed by atoms with Crippen molar-refractivity contribution < 1.29 is 19.2 Å². The molecule has 0 aromatic heterocycles. The quantitative estimate of drug-likeness (QED) is 0.526. The van der Waals surface area contributed by atoms with Gasteiger partial charge in [-0.1, -0.05) is 13.8 Å². The fourth-order valence-corrected chi connectivity index (χ4v) is 2.81. The molecule has 2 aliphatic heterocycles. The Kier molecular flexibility index (Phi) is 11.5. The third-order valence-corrected chi connectivity index (χ3v) is 4.22. The van der Waals surface area contributed by atoms with E-state index in [1.807, 2.05) is 20.1 Å². The lowest BCUT2D eigenvalue weighted by Crippen LogP contribution is -2.31. The van der Waals surface area contributed by atoms with Gasteiger partial charge in [0.2, 0.25) is 11.8 Å². The highest BCUT2D eigenvalue weighted by Gasteiger charge is 2.37. The molecule has 0 aliphatic carbocycles. The van der Waals surface area contributed by atoms with Crippen LogP contribution in [-0.4, -0.2) is 64.3 Å². The Morgan fingerprint density at radius 1 is 1.00 bits per heavy atom. The highest BCUT2D eigenvalue weighted by Crippen LogP contribution is 2.22. The lowest BCUT2D eigenvalue weighted by molar-refractivity contribution is -0.139. The number of hydrogen-bond donors (Lipinski definition) is 0. The number of carbonyl (C=O) groups excluding carboxylic acids is 4. The zero-order valence-electron chi connectivity index (χ0n) is 14.7. The van der Waals surface area contributed by atoms with Gasteiger partial charge in [-0.05, 0) is 31.7 Å². The summed E-state index contributed by atoms with van der Waals surface area (Å²) in [6, 6.07) is 0. The van der Waals surface area contributed by atoms with Gasteiger partial charge in [0.15, 0.2) is 0 Å². The summed E-state index contributed by atoms with van der Waals surface area (Å²) in [6.45, 7) is 5.01. The fourth-order valence-electron chi connectivity index (χ4n) is 2.17. The molecule has 6 nitrogen and oxygen atoms in total. The highest BCUT2D eigenvalue weighted by atomic mass is 32.2. The van der Waals surface area contributed by atoms with Crippen molar-refractivity contribution in [3.05, 3.63) is 12.2 Å². The summed E-state index contributed by atoms with van der Waals surface area (Å²) in [5.74, 6) is -0.394. The van der Waals surface area contributed by atoms with Crippen LogP contribution < -0.4 is 0 Å². The van der Waals surface area contributed by atoms with Gasteiger partial charge in [-0.25, -0.2) is 0 Å². The Balaban J connectivity index is 0.000000405. The molecule has 1 saturated heterocycles. The Bertz CT molecular complexity index is 476. The Labute approximate surface area is 153 Å². The largest absolute Gasteiger partial charge is 0.282 e. The summed E-state index contributed by atoms with van der Waals surface area (Å²) in [7, 11) is 0. The lowest BCUT2D eigenvalue weighted by atomic mass is 10.4. The van der Waals surface area contributed by atoms with Crippen molar-refractivity contribution in [2.24, 2.45) is 0 Å². The molecule has 8 heteroatoms. The molecule has 0 N–H and O–H groups in total. The molecule has 2 heterocycles. The minimum Gasteiger partial charge on any atom is -0.282 e. The van der Waals surface area contributed by atoms with Crippen molar-refractivity contribution >= 4 is 48.0 Å². The first-order valence-electron chi connectivity index (χ1n) is 7.86. The smallest absolute Gasteiger partial charge is 0.253 e. The van der Waals surface area contributed by atoms with Crippen LogP contribution in [0.3, 0.4) is 0 Å². The molecular formula is C16H27N2O4S2+. The van der Waals surface area contributed by atoms with Gasteiger partial charge in [0, 0.05) is 31.7 Å². The maximum Gasteiger partial charge on any atom is 0.253 e. The molecule has 2 rings (SSSR count). The molecule has 24 heavy (non-hydrogen) atoms. The topological polar surface area (TPSA) is 74.8 Å². The van der Waals surface area contributed by atoms with E-state index in [0.29, 0.717) is 19.5 Å².